The molecule has 4 nitrogen and oxygen atoms in total. The zero-order chi connectivity index (χ0) is 12.3. The smallest absolute Gasteiger partial charge is 0.180 e. The molecule has 17 heavy (non-hydrogen) atoms. The molecule has 0 bridgehead atoms. The number of aliphatic imine (C=N–C) groups is 1. The van der Waals surface area contributed by atoms with Gasteiger partial charge in [0.05, 0.1) is 18.8 Å². The summed E-state index contributed by atoms with van der Waals surface area (Å²) < 4.78 is 0. The Bertz CT molecular complexity index is 508. The number of rotatable bonds is 1. The third-order valence-electron chi connectivity index (χ3n) is 2.86. The van der Waals surface area contributed by atoms with Gasteiger partial charge in [0.2, 0.25) is 0 Å². The second-order valence-electron chi connectivity index (χ2n) is 3.88. The Morgan fingerprint density at radius 1 is 1.35 bits per heavy atom. The van der Waals surface area contributed by atoms with Crippen molar-refractivity contribution in [1.82, 2.24) is 4.90 Å². The molecule has 0 spiro atoms. The maximum absolute atomic E-state index is 8.91. The van der Waals surface area contributed by atoms with Crippen molar-refractivity contribution in [2.75, 3.05) is 20.1 Å². The van der Waals surface area contributed by atoms with Crippen LogP contribution >= 0.6 is 0 Å². The summed E-state index contributed by atoms with van der Waals surface area (Å²) in [5.74, 6) is 0. The molecule has 1 heterocycles. The van der Waals surface area contributed by atoms with Gasteiger partial charge in [-0.25, -0.2) is 0 Å². The van der Waals surface area contributed by atoms with E-state index in [0.717, 1.165) is 16.8 Å². The quantitative estimate of drug-likeness (QED) is 0.732. The van der Waals surface area contributed by atoms with Crippen LogP contribution in [0.4, 0.5) is 0 Å². The Balaban J connectivity index is 2.42. The van der Waals surface area contributed by atoms with Gasteiger partial charge in [-0.05, 0) is 5.56 Å². The minimum absolute atomic E-state index is 0.546. The Morgan fingerprint density at radius 3 is 2.65 bits per heavy atom. The van der Waals surface area contributed by atoms with E-state index in [2.05, 4.69) is 11.2 Å². The SMILES string of the molecule is CN=C1CN(C#N)CC1=C(N)c1ccccc1. The number of hydrogen-bond acceptors (Lipinski definition) is 4. The lowest BCUT2D eigenvalue weighted by atomic mass is 10.1. The molecular weight excluding hydrogens is 212 g/mol. The van der Waals surface area contributed by atoms with Gasteiger partial charge in [-0.2, -0.15) is 5.26 Å². The van der Waals surface area contributed by atoms with Crippen LogP contribution in [0.15, 0.2) is 40.9 Å². The topological polar surface area (TPSA) is 65.4 Å². The lowest BCUT2D eigenvalue weighted by molar-refractivity contribution is 0.518. The van der Waals surface area contributed by atoms with Crippen molar-refractivity contribution in [3.8, 4) is 6.19 Å². The van der Waals surface area contributed by atoms with E-state index in [1.54, 1.807) is 11.9 Å². The summed E-state index contributed by atoms with van der Waals surface area (Å²) >= 11 is 0. The third-order valence-corrected chi connectivity index (χ3v) is 2.86. The van der Waals surface area contributed by atoms with Crippen molar-refractivity contribution in [3.63, 3.8) is 0 Å². The van der Waals surface area contributed by atoms with Crippen LogP contribution in [0.2, 0.25) is 0 Å². The van der Waals surface area contributed by atoms with Gasteiger partial charge in [0, 0.05) is 18.3 Å². The summed E-state index contributed by atoms with van der Waals surface area (Å²) in [7, 11) is 1.73. The molecule has 0 atom stereocenters. The van der Waals surface area contributed by atoms with Crippen LogP contribution in [-0.2, 0) is 0 Å². The minimum atomic E-state index is 0.546. The highest BCUT2D eigenvalue weighted by atomic mass is 15.1. The van der Waals surface area contributed by atoms with E-state index in [4.69, 9.17) is 11.0 Å². The molecular formula is C13H14N4. The number of nitriles is 1. The highest BCUT2D eigenvalue weighted by molar-refractivity contribution is 6.09. The van der Waals surface area contributed by atoms with Gasteiger partial charge in [0.25, 0.3) is 0 Å². The predicted octanol–water partition coefficient (Wildman–Crippen LogP) is 1.22. The van der Waals surface area contributed by atoms with E-state index in [-0.39, 0.29) is 0 Å². The van der Waals surface area contributed by atoms with Crippen LogP contribution < -0.4 is 5.73 Å². The highest BCUT2D eigenvalue weighted by Gasteiger charge is 2.24. The fourth-order valence-electron chi connectivity index (χ4n) is 1.92. The maximum atomic E-state index is 8.91. The van der Waals surface area contributed by atoms with Gasteiger partial charge in [-0.1, -0.05) is 30.3 Å². The fraction of sp³-hybridized carbons (Fsp3) is 0.231. The molecule has 2 N–H and O–H groups in total. The van der Waals surface area contributed by atoms with E-state index >= 15 is 0 Å². The maximum Gasteiger partial charge on any atom is 0.180 e. The van der Waals surface area contributed by atoms with E-state index in [1.165, 1.54) is 0 Å². The van der Waals surface area contributed by atoms with Crippen LogP contribution in [0, 0.1) is 11.5 Å². The number of likely N-dealkylation sites (tertiary alicyclic amines) is 1. The normalized spacial score (nSPS) is 20.5. The van der Waals surface area contributed by atoms with Gasteiger partial charge in [0.15, 0.2) is 6.19 Å². The molecule has 0 unspecified atom stereocenters. The van der Waals surface area contributed by atoms with Gasteiger partial charge in [0.1, 0.15) is 0 Å². The molecule has 1 aliphatic heterocycles. The van der Waals surface area contributed by atoms with Crippen LogP contribution in [-0.4, -0.2) is 30.7 Å². The van der Waals surface area contributed by atoms with E-state index < -0.39 is 0 Å². The molecule has 0 amide bonds. The Labute approximate surface area is 101 Å². The summed E-state index contributed by atoms with van der Waals surface area (Å²) in [5.41, 5.74) is 9.69. The van der Waals surface area contributed by atoms with Crippen molar-refractivity contribution >= 4 is 11.4 Å². The third kappa shape index (κ3) is 2.13. The van der Waals surface area contributed by atoms with Crippen LogP contribution in [0.3, 0.4) is 0 Å². The van der Waals surface area contributed by atoms with Crippen molar-refractivity contribution in [1.29, 1.82) is 5.26 Å². The van der Waals surface area contributed by atoms with Gasteiger partial charge >= 0.3 is 0 Å². The summed E-state index contributed by atoms with van der Waals surface area (Å²) in [6.07, 6.45) is 2.13. The average Bonchev–Trinajstić information content (AvgIpc) is 2.82. The van der Waals surface area contributed by atoms with Crippen molar-refractivity contribution < 1.29 is 0 Å². The van der Waals surface area contributed by atoms with Crippen molar-refractivity contribution in [3.05, 3.63) is 41.5 Å². The van der Waals surface area contributed by atoms with E-state index in [1.807, 2.05) is 30.3 Å². The Morgan fingerprint density at radius 2 is 2.06 bits per heavy atom. The van der Waals surface area contributed by atoms with E-state index in [9.17, 15) is 0 Å². The molecule has 1 saturated heterocycles. The summed E-state index contributed by atoms with van der Waals surface area (Å²) in [6.45, 7) is 1.10. The first-order valence-electron chi connectivity index (χ1n) is 5.41. The predicted molar refractivity (Wildman–Crippen MR) is 68.1 cm³/mol. The lowest BCUT2D eigenvalue weighted by Crippen LogP contribution is -2.13. The monoisotopic (exact) mass is 226 g/mol. The molecule has 1 aromatic rings. The second-order valence-corrected chi connectivity index (χ2v) is 3.88. The zero-order valence-corrected chi connectivity index (χ0v) is 9.72. The van der Waals surface area contributed by atoms with Crippen molar-refractivity contribution in [2.45, 2.75) is 0 Å². The molecule has 1 fully saturated rings. The lowest BCUT2D eigenvalue weighted by Gasteiger charge is -2.06. The molecule has 86 valence electrons. The standard InChI is InChI=1S/C13H14N4/c1-16-12-8-17(9-14)7-11(12)13(15)10-5-3-2-4-6-10/h2-6H,7-8,15H2,1H3. The average molecular weight is 226 g/mol. The first-order valence-corrected chi connectivity index (χ1v) is 5.41. The molecule has 0 aromatic heterocycles. The number of nitrogens with zero attached hydrogens (tertiary/aromatic N) is 3. The van der Waals surface area contributed by atoms with Gasteiger partial charge in [-0.15, -0.1) is 0 Å². The molecule has 1 aromatic carbocycles. The van der Waals surface area contributed by atoms with Crippen LogP contribution in [0.25, 0.3) is 5.70 Å². The summed E-state index contributed by atoms with van der Waals surface area (Å²) in [4.78, 5) is 5.85. The van der Waals surface area contributed by atoms with E-state index in [0.29, 0.717) is 18.8 Å². The van der Waals surface area contributed by atoms with Crippen molar-refractivity contribution in [2.24, 2.45) is 10.7 Å². The summed E-state index contributed by atoms with van der Waals surface area (Å²) in [5, 5.41) is 8.91. The minimum Gasteiger partial charge on any atom is -0.398 e. The molecule has 0 aliphatic carbocycles. The first kappa shape index (κ1) is 11.2. The molecule has 0 saturated carbocycles. The van der Waals surface area contributed by atoms with Gasteiger partial charge < -0.3 is 10.6 Å². The molecule has 2 rings (SSSR count). The number of hydrogen-bond donors (Lipinski definition) is 1. The number of nitrogens with two attached hydrogens (primary N) is 1. The van der Waals surface area contributed by atoms with Crippen LogP contribution in [0.1, 0.15) is 5.56 Å². The first-order chi connectivity index (χ1) is 8.26. The van der Waals surface area contributed by atoms with Gasteiger partial charge in [-0.3, -0.25) is 4.99 Å². The summed E-state index contributed by atoms with van der Waals surface area (Å²) in [6, 6.07) is 9.77. The second kappa shape index (κ2) is 4.71. The highest BCUT2D eigenvalue weighted by Crippen LogP contribution is 2.20. The fourth-order valence-corrected chi connectivity index (χ4v) is 1.92. The largest absolute Gasteiger partial charge is 0.398 e. The zero-order valence-electron chi connectivity index (χ0n) is 9.72. The Kier molecular flexibility index (Phi) is 3.10. The Hall–Kier alpha value is -2.28. The van der Waals surface area contributed by atoms with Crippen LogP contribution in [0.5, 0.6) is 0 Å². The molecule has 1 aliphatic rings. The number of benzene rings is 1. The molecule has 4 heteroatoms. The molecule has 0 radical (unpaired) electrons.